The van der Waals surface area contributed by atoms with Gasteiger partial charge in [0, 0.05) is 38.1 Å². The van der Waals surface area contributed by atoms with Gasteiger partial charge in [-0.3, -0.25) is 9.80 Å². The third-order valence-electron chi connectivity index (χ3n) is 4.29. The van der Waals surface area contributed by atoms with Crippen LogP contribution in [0.25, 0.3) is 0 Å². The fourth-order valence-electron chi connectivity index (χ4n) is 3.15. The van der Waals surface area contributed by atoms with Crippen LogP contribution in [0.2, 0.25) is 0 Å². The molecule has 2 aliphatic heterocycles. The molecule has 3 heterocycles. The summed E-state index contributed by atoms with van der Waals surface area (Å²) in [5.74, 6) is 0.946. The molecule has 3 rings (SSSR count). The maximum Gasteiger partial charge on any atom is 0.142 e. The van der Waals surface area contributed by atoms with Crippen molar-refractivity contribution in [1.82, 2.24) is 19.8 Å². The molecular weight excluding hydrogens is 252 g/mol. The standard InChI is InChI=1S/C15H24N4O/c1-2-7-19(13-15-16-5-3-6-17-15)14(4-1)12-18-8-10-20-11-9-18/h3,5-6,14H,1-2,4,7-13H2/t14-/m1/s1. The van der Waals surface area contributed by atoms with Crippen LogP contribution in [0.15, 0.2) is 18.5 Å². The molecule has 2 fully saturated rings. The number of aromatic nitrogens is 2. The second-order valence-corrected chi connectivity index (χ2v) is 5.70. The Morgan fingerprint density at radius 2 is 1.90 bits per heavy atom. The molecule has 0 spiro atoms. The third kappa shape index (κ3) is 3.75. The van der Waals surface area contributed by atoms with Crippen LogP contribution in [0.4, 0.5) is 0 Å². The van der Waals surface area contributed by atoms with E-state index in [1.807, 2.05) is 18.5 Å². The van der Waals surface area contributed by atoms with Gasteiger partial charge < -0.3 is 4.74 Å². The molecule has 20 heavy (non-hydrogen) atoms. The highest BCUT2D eigenvalue weighted by molar-refractivity contribution is 4.91. The summed E-state index contributed by atoms with van der Waals surface area (Å²) in [5, 5.41) is 0. The van der Waals surface area contributed by atoms with E-state index in [0.717, 1.165) is 45.2 Å². The van der Waals surface area contributed by atoms with Crippen molar-refractivity contribution in [2.45, 2.75) is 31.8 Å². The Hall–Kier alpha value is -1.04. The predicted molar refractivity (Wildman–Crippen MR) is 77.3 cm³/mol. The second-order valence-electron chi connectivity index (χ2n) is 5.70. The van der Waals surface area contributed by atoms with E-state index < -0.39 is 0 Å². The zero-order valence-electron chi connectivity index (χ0n) is 12.1. The van der Waals surface area contributed by atoms with Crippen LogP contribution in [-0.2, 0) is 11.3 Å². The molecule has 5 heteroatoms. The van der Waals surface area contributed by atoms with Gasteiger partial charge in [-0.15, -0.1) is 0 Å². The van der Waals surface area contributed by atoms with E-state index >= 15 is 0 Å². The summed E-state index contributed by atoms with van der Waals surface area (Å²) in [6.07, 6.45) is 7.62. The minimum atomic E-state index is 0.644. The number of nitrogens with zero attached hydrogens (tertiary/aromatic N) is 4. The van der Waals surface area contributed by atoms with Crippen LogP contribution in [0, 0.1) is 0 Å². The first-order chi connectivity index (χ1) is 9.92. The Morgan fingerprint density at radius 3 is 2.70 bits per heavy atom. The molecule has 110 valence electrons. The first-order valence-corrected chi connectivity index (χ1v) is 7.72. The van der Waals surface area contributed by atoms with Gasteiger partial charge in [-0.1, -0.05) is 6.42 Å². The smallest absolute Gasteiger partial charge is 0.142 e. The molecule has 2 saturated heterocycles. The fourth-order valence-corrected chi connectivity index (χ4v) is 3.15. The van der Waals surface area contributed by atoms with E-state index in [2.05, 4.69) is 19.8 Å². The maximum absolute atomic E-state index is 5.44. The topological polar surface area (TPSA) is 41.5 Å². The van der Waals surface area contributed by atoms with Crippen molar-refractivity contribution in [1.29, 1.82) is 0 Å². The van der Waals surface area contributed by atoms with Gasteiger partial charge in [0.1, 0.15) is 5.82 Å². The average Bonchev–Trinajstić information content (AvgIpc) is 2.51. The highest BCUT2D eigenvalue weighted by atomic mass is 16.5. The normalized spacial score (nSPS) is 25.7. The summed E-state index contributed by atoms with van der Waals surface area (Å²) in [6.45, 7) is 7.14. The first kappa shape index (κ1) is 13.9. The third-order valence-corrected chi connectivity index (χ3v) is 4.29. The van der Waals surface area contributed by atoms with Crippen molar-refractivity contribution in [3.63, 3.8) is 0 Å². The number of ether oxygens (including phenoxy) is 1. The summed E-state index contributed by atoms with van der Waals surface area (Å²) in [5.41, 5.74) is 0. The summed E-state index contributed by atoms with van der Waals surface area (Å²) in [7, 11) is 0. The quantitative estimate of drug-likeness (QED) is 0.825. The molecular formula is C15H24N4O. The van der Waals surface area contributed by atoms with Gasteiger partial charge in [0.05, 0.1) is 19.8 Å². The Bertz CT molecular complexity index is 394. The molecule has 0 aliphatic carbocycles. The number of rotatable bonds is 4. The van der Waals surface area contributed by atoms with Gasteiger partial charge in [-0.25, -0.2) is 9.97 Å². The Balaban J connectivity index is 1.58. The van der Waals surface area contributed by atoms with Gasteiger partial charge in [0.2, 0.25) is 0 Å². The molecule has 1 aromatic heterocycles. The number of hydrogen-bond acceptors (Lipinski definition) is 5. The lowest BCUT2D eigenvalue weighted by molar-refractivity contribution is 0.0149. The van der Waals surface area contributed by atoms with E-state index in [1.54, 1.807) is 0 Å². The zero-order chi connectivity index (χ0) is 13.6. The molecule has 0 amide bonds. The molecule has 5 nitrogen and oxygen atoms in total. The van der Waals surface area contributed by atoms with Crippen molar-refractivity contribution < 1.29 is 4.74 Å². The van der Waals surface area contributed by atoms with Gasteiger partial charge in [0.15, 0.2) is 0 Å². The van der Waals surface area contributed by atoms with Crippen LogP contribution in [0.1, 0.15) is 25.1 Å². The SMILES string of the molecule is c1cnc(CN2CCCC[C@@H]2CN2CCOCC2)nc1. The van der Waals surface area contributed by atoms with E-state index in [1.165, 1.54) is 25.8 Å². The average molecular weight is 276 g/mol. The van der Waals surface area contributed by atoms with Crippen LogP contribution in [0.5, 0.6) is 0 Å². The van der Waals surface area contributed by atoms with E-state index in [-0.39, 0.29) is 0 Å². The highest BCUT2D eigenvalue weighted by Crippen LogP contribution is 2.20. The van der Waals surface area contributed by atoms with E-state index in [4.69, 9.17) is 4.74 Å². The first-order valence-electron chi connectivity index (χ1n) is 7.72. The predicted octanol–water partition coefficient (Wildman–Crippen LogP) is 1.16. The summed E-state index contributed by atoms with van der Waals surface area (Å²) >= 11 is 0. The lowest BCUT2D eigenvalue weighted by atomic mass is 10.0. The molecule has 1 atom stereocenters. The monoisotopic (exact) mass is 276 g/mol. The summed E-state index contributed by atoms with van der Waals surface area (Å²) in [4.78, 5) is 13.8. The minimum Gasteiger partial charge on any atom is -0.379 e. The molecule has 0 radical (unpaired) electrons. The van der Waals surface area contributed by atoms with Crippen molar-refractivity contribution in [2.75, 3.05) is 39.4 Å². The molecule has 0 unspecified atom stereocenters. The lowest BCUT2D eigenvalue weighted by Crippen LogP contribution is -2.49. The van der Waals surface area contributed by atoms with Gasteiger partial charge in [0.25, 0.3) is 0 Å². The van der Waals surface area contributed by atoms with Crippen LogP contribution < -0.4 is 0 Å². The zero-order valence-corrected chi connectivity index (χ0v) is 12.1. The van der Waals surface area contributed by atoms with Gasteiger partial charge in [-0.05, 0) is 25.5 Å². The molecule has 0 saturated carbocycles. The van der Waals surface area contributed by atoms with Gasteiger partial charge in [-0.2, -0.15) is 0 Å². The van der Waals surface area contributed by atoms with Gasteiger partial charge >= 0.3 is 0 Å². The van der Waals surface area contributed by atoms with Crippen LogP contribution in [-0.4, -0.2) is 65.2 Å². The van der Waals surface area contributed by atoms with E-state index in [9.17, 15) is 0 Å². The fraction of sp³-hybridized carbons (Fsp3) is 0.733. The number of morpholine rings is 1. The largest absolute Gasteiger partial charge is 0.379 e. The summed E-state index contributed by atoms with van der Waals surface area (Å²) in [6, 6.07) is 2.52. The van der Waals surface area contributed by atoms with Crippen molar-refractivity contribution >= 4 is 0 Å². The lowest BCUT2D eigenvalue weighted by Gasteiger charge is -2.39. The minimum absolute atomic E-state index is 0.644. The van der Waals surface area contributed by atoms with Crippen molar-refractivity contribution in [2.24, 2.45) is 0 Å². The highest BCUT2D eigenvalue weighted by Gasteiger charge is 2.25. The van der Waals surface area contributed by atoms with E-state index in [0.29, 0.717) is 6.04 Å². The number of piperidine rings is 1. The Labute approximate surface area is 121 Å². The van der Waals surface area contributed by atoms with Crippen molar-refractivity contribution in [3.8, 4) is 0 Å². The number of likely N-dealkylation sites (tertiary alicyclic amines) is 1. The molecule has 0 bridgehead atoms. The number of hydrogen-bond donors (Lipinski definition) is 0. The molecule has 0 N–H and O–H groups in total. The van der Waals surface area contributed by atoms with Crippen molar-refractivity contribution in [3.05, 3.63) is 24.3 Å². The second kappa shape index (κ2) is 7.11. The Morgan fingerprint density at radius 1 is 1.10 bits per heavy atom. The van der Waals surface area contributed by atoms with Crippen LogP contribution >= 0.6 is 0 Å². The maximum atomic E-state index is 5.44. The molecule has 1 aromatic rings. The van der Waals surface area contributed by atoms with Crippen LogP contribution in [0.3, 0.4) is 0 Å². The Kier molecular flexibility index (Phi) is 4.95. The molecule has 2 aliphatic rings. The molecule has 0 aromatic carbocycles. The summed E-state index contributed by atoms with van der Waals surface area (Å²) < 4.78 is 5.44.